The second-order valence-electron chi connectivity index (χ2n) is 5.44. The van der Waals surface area contributed by atoms with Crippen LogP contribution in [0.3, 0.4) is 0 Å². The zero-order valence-corrected chi connectivity index (χ0v) is 13.4. The van der Waals surface area contributed by atoms with Gasteiger partial charge in [0.15, 0.2) is 0 Å². The van der Waals surface area contributed by atoms with E-state index in [2.05, 4.69) is 19.2 Å². The van der Waals surface area contributed by atoms with Gasteiger partial charge in [-0.3, -0.25) is 4.79 Å². The second-order valence-corrected chi connectivity index (χ2v) is 5.88. The molecule has 21 heavy (non-hydrogen) atoms. The Hall–Kier alpha value is -1.10. The van der Waals surface area contributed by atoms with E-state index >= 15 is 0 Å². The molecule has 5 heteroatoms. The lowest BCUT2D eigenvalue weighted by Crippen LogP contribution is -2.46. The molecule has 1 aromatic carbocycles. The molecular weight excluding hydrogens is 288 g/mol. The number of morpholine rings is 1. The summed E-state index contributed by atoms with van der Waals surface area (Å²) >= 11 is 5.90. The Morgan fingerprint density at radius 1 is 1.48 bits per heavy atom. The minimum Gasteiger partial charge on any atom is -0.370 e. The number of nitrogens with one attached hydrogen (secondary N) is 1. The molecule has 1 heterocycles. The lowest BCUT2D eigenvalue weighted by molar-refractivity contribution is -0.138. The molecule has 1 fully saturated rings. The van der Waals surface area contributed by atoms with E-state index < -0.39 is 0 Å². The van der Waals surface area contributed by atoms with Crippen molar-refractivity contribution in [2.24, 2.45) is 0 Å². The quantitative estimate of drug-likeness (QED) is 0.909. The molecule has 1 amide bonds. The van der Waals surface area contributed by atoms with Gasteiger partial charge in [0.1, 0.15) is 6.10 Å². The first kappa shape index (κ1) is 16.3. The van der Waals surface area contributed by atoms with Gasteiger partial charge in [0, 0.05) is 17.6 Å². The zero-order valence-electron chi connectivity index (χ0n) is 12.6. The van der Waals surface area contributed by atoms with E-state index in [0.29, 0.717) is 37.3 Å². The van der Waals surface area contributed by atoms with E-state index in [4.69, 9.17) is 16.3 Å². The maximum atomic E-state index is 12.2. The van der Waals surface area contributed by atoms with Crippen molar-refractivity contribution in [3.05, 3.63) is 34.9 Å². The molecule has 0 bridgehead atoms. The minimum atomic E-state index is -0.0661. The Morgan fingerprint density at radius 3 is 2.86 bits per heavy atom. The van der Waals surface area contributed by atoms with Crippen LogP contribution < -0.4 is 5.32 Å². The highest BCUT2D eigenvalue weighted by Crippen LogP contribution is 2.23. The first-order valence-corrected chi connectivity index (χ1v) is 7.86. The number of amides is 1. The van der Waals surface area contributed by atoms with E-state index in [0.717, 1.165) is 12.0 Å². The number of rotatable bonds is 5. The predicted octanol–water partition coefficient (Wildman–Crippen LogP) is 2.63. The number of benzene rings is 1. The van der Waals surface area contributed by atoms with Gasteiger partial charge < -0.3 is 15.0 Å². The number of ether oxygens (including phenoxy) is 1. The zero-order chi connectivity index (χ0) is 15.2. The van der Waals surface area contributed by atoms with Crippen LogP contribution in [0.25, 0.3) is 0 Å². The highest BCUT2D eigenvalue weighted by molar-refractivity contribution is 6.30. The Balaban J connectivity index is 1.91. The van der Waals surface area contributed by atoms with Crippen LogP contribution in [-0.4, -0.2) is 43.1 Å². The van der Waals surface area contributed by atoms with Crippen molar-refractivity contribution < 1.29 is 9.53 Å². The summed E-state index contributed by atoms with van der Waals surface area (Å²) in [5, 5.41) is 3.95. The molecule has 0 aliphatic carbocycles. The molecule has 0 saturated carbocycles. The SMILES string of the molecule is CCC(C)NCC(=O)N1CCOC(c2ccc(Cl)cc2)C1. The lowest BCUT2D eigenvalue weighted by Gasteiger charge is -2.33. The number of nitrogens with zero attached hydrogens (tertiary/aromatic N) is 1. The van der Waals surface area contributed by atoms with Gasteiger partial charge in [0.2, 0.25) is 5.91 Å². The van der Waals surface area contributed by atoms with Crippen molar-refractivity contribution in [1.82, 2.24) is 10.2 Å². The molecule has 2 unspecified atom stereocenters. The van der Waals surface area contributed by atoms with Crippen LogP contribution >= 0.6 is 11.6 Å². The average Bonchev–Trinajstić information content (AvgIpc) is 2.53. The van der Waals surface area contributed by atoms with Crippen molar-refractivity contribution >= 4 is 17.5 Å². The van der Waals surface area contributed by atoms with Crippen molar-refractivity contribution in [3.8, 4) is 0 Å². The van der Waals surface area contributed by atoms with Crippen LogP contribution in [0.4, 0.5) is 0 Å². The molecule has 1 aliphatic heterocycles. The Morgan fingerprint density at radius 2 is 2.19 bits per heavy atom. The van der Waals surface area contributed by atoms with E-state index in [9.17, 15) is 4.79 Å². The van der Waals surface area contributed by atoms with Crippen LogP contribution in [0.5, 0.6) is 0 Å². The highest BCUT2D eigenvalue weighted by atomic mass is 35.5. The summed E-state index contributed by atoms with van der Waals surface area (Å²) in [5.41, 5.74) is 1.06. The summed E-state index contributed by atoms with van der Waals surface area (Å²) in [6, 6.07) is 7.98. The fourth-order valence-electron chi connectivity index (χ4n) is 2.27. The van der Waals surface area contributed by atoms with Crippen molar-refractivity contribution in [3.63, 3.8) is 0 Å². The van der Waals surface area contributed by atoms with Crippen molar-refractivity contribution in [2.45, 2.75) is 32.4 Å². The molecule has 116 valence electrons. The summed E-state index contributed by atoms with van der Waals surface area (Å²) < 4.78 is 5.77. The Bertz CT molecular complexity index is 464. The van der Waals surface area contributed by atoms with Gasteiger partial charge in [0.05, 0.1) is 19.7 Å². The predicted molar refractivity (Wildman–Crippen MR) is 84.5 cm³/mol. The fourth-order valence-corrected chi connectivity index (χ4v) is 2.40. The van der Waals surface area contributed by atoms with Gasteiger partial charge >= 0.3 is 0 Å². The first-order chi connectivity index (χ1) is 10.1. The van der Waals surface area contributed by atoms with E-state index in [-0.39, 0.29) is 12.0 Å². The monoisotopic (exact) mass is 310 g/mol. The standard InChI is InChI=1S/C16H23ClN2O2/c1-3-12(2)18-10-16(20)19-8-9-21-15(11-19)13-4-6-14(17)7-5-13/h4-7,12,15,18H,3,8-11H2,1-2H3. The van der Waals surface area contributed by atoms with Crippen LogP contribution in [0.1, 0.15) is 31.9 Å². The largest absolute Gasteiger partial charge is 0.370 e. The van der Waals surface area contributed by atoms with E-state index in [1.54, 1.807) is 0 Å². The smallest absolute Gasteiger partial charge is 0.236 e. The molecule has 0 radical (unpaired) electrons. The highest BCUT2D eigenvalue weighted by Gasteiger charge is 2.25. The van der Waals surface area contributed by atoms with Crippen LogP contribution in [0, 0.1) is 0 Å². The van der Waals surface area contributed by atoms with E-state index in [1.165, 1.54) is 0 Å². The minimum absolute atomic E-state index is 0.0661. The molecule has 4 nitrogen and oxygen atoms in total. The normalized spacial score (nSPS) is 20.3. The molecule has 1 aliphatic rings. The summed E-state index contributed by atoms with van der Waals surface area (Å²) in [5.74, 6) is 0.137. The van der Waals surface area contributed by atoms with Crippen LogP contribution in [0.15, 0.2) is 24.3 Å². The van der Waals surface area contributed by atoms with Gasteiger partial charge in [-0.1, -0.05) is 30.7 Å². The van der Waals surface area contributed by atoms with Crippen LogP contribution in [-0.2, 0) is 9.53 Å². The maximum Gasteiger partial charge on any atom is 0.236 e. The van der Waals surface area contributed by atoms with Crippen LogP contribution in [0.2, 0.25) is 5.02 Å². The molecule has 0 spiro atoms. The Kier molecular flexibility index (Phi) is 6.03. The number of halogens is 1. The maximum absolute atomic E-state index is 12.2. The summed E-state index contributed by atoms with van der Waals surface area (Å²) in [4.78, 5) is 14.1. The summed E-state index contributed by atoms with van der Waals surface area (Å²) in [7, 11) is 0. The molecular formula is C16H23ClN2O2. The fraction of sp³-hybridized carbons (Fsp3) is 0.562. The van der Waals surface area contributed by atoms with Crippen molar-refractivity contribution in [2.75, 3.05) is 26.2 Å². The third-order valence-electron chi connectivity index (χ3n) is 3.88. The number of hydrogen-bond acceptors (Lipinski definition) is 3. The summed E-state index contributed by atoms with van der Waals surface area (Å²) in [6.45, 7) is 6.41. The van der Waals surface area contributed by atoms with Gasteiger partial charge in [-0.2, -0.15) is 0 Å². The Labute approximate surface area is 131 Å². The number of hydrogen-bond donors (Lipinski definition) is 1. The van der Waals surface area contributed by atoms with Gasteiger partial charge in [0.25, 0.3) is 0 Å². The third kappa shape index (κ3) is 4.70. The first-order valence-electron chi connectivity index (χ1n) is 7.48. The number of carbonyl (C=O) groups excluding carboxylic acids is 1. The molecule has 2 atom stereocenters. The van der Waals surface area contributed by atoms with Gasteiger partial charge in [-0.25, -0.2) is 0 Å². The molecule has 0 aromatic heterocycles. The van der Waals surface area contributed by atoms with Gasteiger partial charge in [-0.15, -0.1) is 0 Å². The number of carbonyl (C=O) groups is 1. The summed E-state index contributed by atoms with van der Waals surface area (Å²) in [6.07, 6.45) is 0.952. The van der Waals surface area contributed by atoms with Gasteiger partial charge in [-0.05, 0) is 31.0 Å². The third-order valence-corrected chi connectivity index (χ3v) is 4.13. The topological polar surface area (TPSA) is 41.6 Å². The second kappa shape index (κ2) is 7.78. The van der Waals surface area contributed by atoms with Crippen molar-refractivity contribution in [1.29, 1.82) is 0 Å². The van der Waals surface area contributed by atoms with E-state index in [1.807, 2.05) is 29.2 Å². The molecule has 1 saturated heterocycles. The average molecular weight is 311 g/mol. The molecule has 1 N–H and O–H groups in total. The molecule has 2 rings (SSSR count). The molecule has 1 aromatic rings. The lowest BCUT2D eigenvalue weighted by atomic mass is 10.1.